The summed E-state index contributed by atoms with van der Waals surface area (Å²) in [6, 6.07) is 6.59. The van der Waals surface area contributed by atoms with Gasteiger partial charge in [0.25, 0.3) is 0 Å². The standard InChI is InChI=1S/C13H14N6O2/c1-7-5-8(2)15-12(14-7)18-13-16-10-4-3-9(19(20)21)6-11(10)17-13/h3-6,19-20H,1-2H3,(H2,14,15,16,17,18). The molecular weight excluding hydrogens is 272 g/mol. The molecule has 0 amide bonds. The van der Waals surface area contributed by atoms with Crippen LogP contribution in [0.3, 0.4) is 0 Å². The van der Waals surface area contributed by atoms with E-state index in [1.54, 1.807) is 6.07 Å². The van der Waals surface area contributed by atoms with Gasteiger partial charge in [0.15, 0.2) is 5.69 Å². The van der Waals surface area contributed by atoms with Crippen molar-refractivity contribution < 1.29 is 10.4 Å². The van der Waals surface area contributed by atoms with Gasteiger partial charge in [-0.25, -0.2) is 20.2 Å². The van der Waals surface area contributed by atoms with Gasteiger partial charge in [-0.05, 0) is 26.0 Å². The Kier molecular flexibility index (Phi) is 3.26. The number of rotatable bonds is 3. The number of aromatic amines is 1. The predicted octanol–water partition coefficient (Wildman–Crippen LogP) is 1.12. The smallest absolute Gasteiger partial charge is 0.229 e. The summed E-state index contributed by atoms with van der Waals surface area (Å²) in [6.07, 6.45) is 0. The van der Waals surface area contributed by atoms with Gasteiger partial charge in [0, 0.05) is 23.5 Å². The Balaban J connectivity index is 1.93. The SMILES string of the molecule is Cc1cc(C)nc(Nc2nc3ccc([NH+]([O-])O)cc3[nH]2)n1. The van der Waals surface area contributed by atoms with Crippen LogP contribution in [0.2, 0.25) is 0 Å². The van der Waals surface area contributed by atoms with E-state index in [1.165, 1.54) is 12.1 Å². The number of hydrogen-bond acceptors (Lipinski definition) is 6. The minimum Gasteiger partial charge on any atom is -0.595 e. The van der Waals surface area contributed by atoms with Crippen molar-refractivity contribution in [2.45, 2.75) is 13.8 Å². The number of quaternary nitrogens is 1. The fourth-order valence-corrected chi connectivity index (χ4v) is 2.09. The summed E-state index contributed by atoms with van der Waals surface area (Å²) in [4.78, 5) is 15.9. The molecule has 0 bridgehead atoms. The Morgan fingerprint density at radius 3 is 2.52 bits per heavy atom. The maximum atomic E-state index is 10.9. The number of H-pyrrole nitrogens is 1. The van der Waals surface area contributed by atoms with E-state index in [1.807, 2.05) is 19.9 Å². The third-order valence-electron chi connectivity index (χ3n) is 2.94. The Labute approximate surface area is 120 Å². The zero-order valence-electron chi connectivity index (χ0n) is 11.5. The van der Waals surface area contributed by atoms with E-state index in [2.05, 4.69) is 25.3 Å². The number of anilines is 2. The highest BCUT2D eigenvalue weighted by molar-refractivity contribution is 5.80. The van der Waals surface area contributed by atoms with E-state index < -0.39 is 5.23 Å². The van der Waals surface area contributed by atoms with Crippen LogP contribution in [0.15, 0.2) is 24.3 Å². The number of aromatic nitrogens is 4. The van der Waals surface area contributed by atoms with Crippen molar-refractivity contribution in [3.05, 3.63) is 40.9 Å². The molecule has 0 saturated heterocycles. The van der Waals surface area contributed by atoms with Crippen LogP contribution in [0, 0.1) is 19.1 Å². The number of benzene rings is 1. The molecule has 3 aromatic rings. The summed E-state index contributed by atoms with van der Waals surface area (Å²) in [5, 5.41) is 21.9. The maximum Gasteiger partial charge on any atom is 0.229 e. The molecule has 0 aliphatic rings. The van der Waals surface area contributed by atoms with E-state index in [4.69, 9.17) is 5.21 Å². The lowest BCUT2D eigenvalue weighted by molar-refractivity contribution is -0.991. The second-order valence-electron chi connectivity index (χ2n) is 4.72. The third kappa shape index (κ3) is 2.82. The fourth-order valence-electron chi connectivity index (χ4n) is 2.09. The van der Waals surface area contributed by atoms with Crippen LogP contribution in [-0.4, -0.2) is 25.1 Å². The molecule has 8 heteroatoms. The van der Waals surface area contributed by atoms with Crippen LogP contribution < -0.4 is 10.5 Å². The molecule has 2 aromatic heterocycles. The molecule has 0 aliphatic heterocycles. The Hall–Kier alpha value is -2.55. The first-order valence-corrected chi connectivity index (χ1v) is 6.33. The summed E-state index contributed by atoms with van der Waals surface area (Å²) in [5.41, 5.74) is 3.23. The van der Waals surface area contributed by atoms with Gasteiger partial charge < -0.3 is 10.2 Å². The molecule has 1 unspecified atom stereocenters. The first-order chi connectivity index (χ1) is 10.0. The molecule has 0 saturated carbocycles. The Bertz CT molecular complexity index is 778. The van der Waals surface area contributed by atoms with E-state index >= 15 is 0 Å². The lowest BCUT2D eigenvalue weighted by Gasteiger charge is -2.10. The molecule has 1 atom stereocenters. The van der Waals surface area contributed by atoms with E-state index in [0.29, 0.717) is 22.9 Å². The molecule has 108 valence electrons. The number of nitrogens with one attached hydrogen (secondary N) is 3. The maximum absolute atomic E-state index is 10.9. The minimum atomic E-state index is -0.973. The molecule has 0 radical (unpaired) electrons. The predicted molar refractivity (Wildman–Crippen MR) is 76.7 cm³/mol. The van der Waals surface area contributed by atoms with Crippen molar-refractivity contribution >= 4 is 28.6 Å². The van der Waals surface area contributed by atoms with Crippen molar-refractivity contribution in [1.82, 2.24) is 19.9 Å². The number of hydrogen-bond donors (Lipinski definition) is 4. The molecule has 0 fully saturated rings. The van der Waals surface area contributed by atoms with Crippen LogP contribution in [0.1, 0.15) is 11.4 Å². The van der Waals surface area contributed by atoms with Crippen LogP contribution in [0.4, 0.5) is 17.6 Å². The topological polar surface area (TPSA) is 114 Å². The monoisotopic (exact) mass is 286 g/mol. The summed E-state index contributed by atoms with van der Waals surface area (Å²) in [6.45, 7) is 3.77. The van der Waals surface area contributed by atoms with Gasteiger partial charge in [0.1, 0.15) is 0 Å². The molecule has 8 nitrogen and oxygen atoms in total. The molecule has 21 heavy (non-hydrogen) atoms. The van der Waals surface area contributed by atoms with Gasteiger partial charge >= 0.3 is 0 Å². The van der Waals surface area contributed by atoms with E-state index in [-0.39, 0.29) is 5.69 Å². The average Bonchev–Trinajstić information content (AvgIpc) is 2.78. The molecule has 4 N–H and O–H groups in total. The van der Waals surface area contributed by atoms with Crippen LogP contribution in [-0.2, 0) is 0 Å². The first kappa shape index (κ1) is 13.4. The van der Waals surface area contributed by atoms with Crippen molar-refractivity contribution in [2.75, 3.05) is 5.32 Å². The van der Waals surface area contributed by atoms with Gasteiger partial charge in [-0.2, -0.15) is 5.23 Å². The highest BCUT2D eigenvalue weighted by Crippen LogP contribution is 2.18. The minimum absolute atomic E-state index is 0.209. The molecular formula is C13H14N6O2. The molecule has 3 rings (SSSR count). The van der Waals surface area contributed by atoms with Gasteiger partial charge in [-0.15, -0.1) is 0 Å². The van der Waals surface area contributed by atoms with Crippen molar-refractivity contribution in [1.29, 1.82) is 0 Å². The van der Waals surface area contributed by atoms with Gasteiger partial charge in [0.2, 0.25) is 11.9 Å². The molecule has 1 aromatic carbocycles. The van der Waals surface area contributed by atoms with E-state index in [0.717, 1.165) is 11.4 Å². The number of imidazole rings is 1. The number of aryl methyl sites for hydroxylation is 2. The lowest BCUT2D eigenvalue weighted by atomic mass is 10.3. The van der Waals surface area contributed by atoms with E-state index in [9.17, 15) is 5.21 Å². The zero-order chi connectivity index (χ0) is 15.0. The van der Waals surface area contributed by atoms with Crippen molar-refractivity contribution in [2.24, 2.45) is 0 Å². The Morgan fingerprint density at radius 2 is 1.86 bits per heavy atom. The van der Waals surface area contributed by atoms with Gasteiger partial charge in [0.05, 0.1) is 11.0 Å². The van der Waals surface area contributed by atoms with Crippen LogP contribution in [0.5, 0.6) is 0 Å². The summed E-state index contributed by atoms with van der Waals surface area (Å²) in [7, 11) is 0. The lowest BCUT2D eigenvalue weighted by Crippen LogP contribution is -2.99. The first-order valence-electron chi connectivity index (χ1n) is 6.33. The van der Waals surface area contributed by atoms with Gasteiger partial charge in [-0.3, -0.25) is 5.32 Å². The number of fused-ring (bicyclic) bond motifs is 1. The molecule has 2 heterocycles. The highest BCUT2D eigenvalue weighted by Gasteiger charge is 2.08. The largest absolute Gasteiger partial charge is 0.595 e. The second-order valence-corrected chi connectivity index (χ2v) is 4.72. The quantitative estimate of drug-likeness (QED) is 0.536. The number of nitrogens with zero attached hydrogens (tertiary/aromatic N) is 3. The van der Waals surface area contributed by atoms with Gasteiger partial charge in [-0.1, -0.05) is 0 Å². The Morgan fingerprint density at radius 1 is 1.14 bits per heavy atom. The molecule has 0 aliphatic carbocycles. The molecule has 0 spiro atoms. The summed E-state index contributed by atoms with van der Waals surface area (Å²) in [5.74, 6) is 0.919. The second kappa shape index (κ2) is 5.09. The van der Waals surface area contributed by atoms with Crippen molar-refractivity contribution in [3.8, 4) is 0 Å². The fraction of sp³-hybridized carbons (Fsp3) is 0.154. The van der Waals surface area contributed by atoms with Crippen LogP contribution in [0.25, 0.3) is 11.0 Å². The normalized spacial score (nSPS) is 12.6. The highest BCUT2D eigenvalue weighted by atomic mass is 16.8. The zero-order valence-corrected chi connectivity index (χ0v) is 11.5. The third-order valence-corrected chi connectivity index (χ3v) is 2.94. The summed E-state index contributed by atoms with van der Waals surface area (Å²) < 4.78 is 0. The average molecular weight is 286 g/mol. The summed E-state index contributed by atoms with van der Waals surface area (Å²) >= 11 is 0. The van der Waals surface area contributed by atoms with Crippen molar-refractivity contribution in [3.63, 3.8) is 0 Å². The van der Waals surface area contributed by atoms with Crippen LogP contribution >= 0.6 is 0 Å².